The van der Waals surface area contributed by atoms with E-state index in [9.17, 15) is 43.2 Å². The van der Waals surface area contributed by atoms with Gasteiger partial charge in [-0.1, -0.05) is 158 Å². The minimum Gasteiger partial charge on any atom is -0.497 e. The lowest BCUT2D eigenvalue weighted by molar-refractivity contribution is -0.151. The molecule has 0 unspecified atom stereocenters. The highest BCUT2D eigenvalue weighted by atomic mass is 16.6. The van der Waals surface area contributed by atoms with E-state index in [4.69, 9.17) is 44.6 Å². The van der Waals surface area contributed by atoms with Crippen molar-refractivity contribution in [3.8, 4) is 17.2 Å². The van der Waals surface area contributed by atoms with Crippen LogP contribution in [0.5, 0.6) is 17.2 Å². The number of rotatable bonds is 31. The monoisotopic (exact) mass is 1380 g/mol. The number of carbonyl (C=O) groups excluding carboxylic acids is 9. The van der Waals surface area contributed by atoms with Crippen molar-refractivity contribution in [2.45, 2.75) is 139 Å². The highest BCUT2D eigenvalue weighted by Crippen LogP contribution is 2.31. The van der Waals surface area contributed by atoms with Crippen LogP contribution in [-0.4, -0.2) is 129 Å². The van der Waals surface area contributed by atoms with Gasteiger partial charge in [0, 0.05) is 31.6 Å². The van der Waals surface area contributed by atoms with Crippen LogP contribution in [0.3, 0.4) is 0 Å². The smallest absolute Gasteiger partial charge is 0.323 e. The normalized spacial score (nSPS) is 19.0. The number of hydrogen-bond acceptors (Lipinski definition) is 18. The molecule has 0 spiro atoms. The van der Waals surface area contributed by atoms with Gasteiger partial charge in [-0.3, -0.25) is 43.2 Å². The molecule has 7 aromatic carbocycles. The number of carbonyl (C=O) groups is 9. The molecule has 0 radical (unpaired) electrons. The Morgan fingerprint density at radius 2 is 0.782 bits per heavy atom. The van der Waals surface area contributed by atoms with Crippen LogP contribution in [0.1, 0.15) is 91.3 Å². The zero-order chi connectivity index (χ0) is 72.3. The van der Waals surface area contributed by atoms with Gasteiger partial charge >= 0.3 is 11.9 Å². The average Bonchev–Trinajstić information content (AvgIpc) is 1.65. The first kappa shape index (κ1) is 76.6. The minimum atomic E-state index is -0.901. The van der Waals surface area contributed by atoms with Crippen LogP contribution in [0, 0.1) is 11.8 Å². The fourth-order valence-electron chi connectivity index (χ4n) is 11.4. The van der Waals surface area contributed by atoms with Crippen molar-refractivity contribution in [2.24, 2.45) is 23.3 Å². The zero-order valence-corrected chi connectivity index (χ0v) is 57.8. The van der Waals surface area contributed by atoms with Gasteiger partial charge in [-0.15, -0.1) is 0 Å². The molecular weight excluding hydrogens is 1290 g/mol. The topological polar surface area (TPSA) is 313 Å². The Kier molecular flexibility index (Phi) is 28.7. The zero-order valence-electron chi connectivity index (χ0n) is 57.8. The first-order valence-corrected chi connectivity index (χ1v) is 33.8. The SMILES string of the molecule is COc1ccc(C[C@H](CC(=O)[C@H]2CCC(=O)N2)C(=O)N[C@@H](Cc2ccccc2)C(=O)[C@@]2(C)CO2)cc1.COc1ccc(C[C@H](CC(=O)[C@H]2CCC(=O)N2)C(=O)OCc2ccccc2)cc1.COc1ccc(C[C@H](N)C(=O)OCc2ccccc2)cc1.C[C@]1(C(=O)[C@@H](N)Cc2ccccc2)CO1. The van der Waals surface area contributed by atoms with Gasteiger partial charge < -0.3 is 60.6 Å². The summed E-state index contributed by atoms with van der Waals surface area (Å²) < 4.78 is 36.6. The van der Waals surface area contributed by atoms with Crippen LogP contribution in [0.15, 0.2) is 194 Å². The van der Waals surface area contributed by atoms with E-state index in [1.54, 1.807) is 47.3 Å². The minimum absolute atomic E-state index is 0.00588. The van der Waals surface area contributed by atoms with Gasteiger partial charge in [0.25, 0.3) is 0 Å². The van der Waals surface area contributed by atoms with Crippen molar-refractivity contribution in [2.75, 3.05) is 34.5 Å². The van der Waals surface area contributed by atoms with Gasteiger partial charge in [-0.25, -0.2) is 0 Å². The predicted octanol–water partition coefficient (Wildman–Crippen LogP) is 8.24. The predicted molar refractivity (Wildman–Crippen MR) is 378 cm³/mol. The molecule has 4 fully saturated rings. The molecule has 4 aliphatic rings. The van der Waals surface area contributed by atoms with Crippen molar-refractivity contribution in [1.82, 2.24) is 16.0 Å². The maximum absolute atomic E-state index is 13.6. The van der Waals surface area contributed by atoms with E-state index in [1.165, 1.54) is 0 Å². The molecule has 4 saturated heterocycles. The quantitative estimate of drug-likeness (QED) is 0.0202. The third kappa shape index (κ3) is 24.6. The fourth-order valence-corrected chi connectivity index (χ4v) is 11.4. The molecule has 0 bridgehead atoms. The number of methoxy groups -OCH3 is 3. The molecule has 0 aromatic heterocycles. The summed E-state index contributed by atoms with van der Waals surface area (Å²) in [7, 11) is 4.78. The van der Waals surface area contributed by atoms with Crippen molar-refractivity contribution in [1.29, 1.82) is 0 Å². The number of benzene rings is 7. The maximum atomic E-state index is 13.6. The molecule has 532 valence electrons. The van der Waals surface area contributed by atoms with Gasteiger partial charge in [0.2, 0.25) is 17.7 Å². The molecule has 3 amide bonds. The molecule has 9 atom stereocenters. The van der Waals surface area contributed by atoms with E-state index in [2.05, 4.69) is 16.0 Å². The Morgan fingerprint density at radius 1 is 0.446 bits per heavy atom. The molecule has 0 aliphatic carbocycles. The highest BCUT2D eigenvalue weighted by molar-refractivity contribution is 5.99. The van der Waals surface area contributed by atoms with Gasteiger partial charge in [0.1, 0.15) is 47.7 Å². The summed E-state index contributed by atoms with van der Waals surface area (Å²) >= 11 is 0. The molecule has 0 saturated carbocycles. The third-order valence-electron chi connectivity index (χ3n) is 17.8. The lowest BCUT2D eigenvalue weighted by Crippen LogP contribution is -2.50. The second-order valence-electron chi connectivity index (χ2n) is 25.8. The van der Waals surface area contributed by atoms with Crippen molar-refractivity contribution in [3.05, 3.63) is 233 Å². The molecule has 21 nitrogen and oxygen atoms in total. The van der Waals surface area contributed by atoms with Crippen LogP contribution in [0.25, 0.3) is 0 Å². The van der Waals surface area contributed by atoms with Crippen molar-refractivity contribution < 1.29 is 76.3 Å². The van der Waals surface area contributed by atoms with E-state index >= 15 is 0 Å². The van der Waals surface area contributed by atoms with Crippen LogP contribution in [-0.2, 0) is 107 Å². The Morgan fingerprint density at radius 3 is 1.17 bits per heavy atom. The lowest BCUT2D eigenvalue weighted by Gasteiger charge is -2.24. The van der Waals surface area contributed by atoms with Crippen LogP contribution in [0.2, 0.25) is 0 Å². The molecular formula is C80H91N5O16. The largest absolute Gasteiger partial charge is 0.497 e. The summed E-state index contributed by atoms with van der Waals surface area (Å²) in [5, 5.41) is 8.29. The summed E-state index contributed by atoms with van der Waals surface area (Å²) in [6, 6.07) is 57.4. The first-order chi connectivity index (χ1) is 48.6. The standard InChI is InChI=1S/C28H32N2O6.C23H25NO5.C17H19NO3.C12H15NO2/c1-28(17-36-28)26(33)23(15-18-6-4-3-5-7-18)30-27(34)20(14-19-8-10-21(35-2)11-9-19)16-24(31)22-12-13-25(32)29-22;1-28-19-9-7-16(8-10-19)13-18(14-21(25)20-11-12-22(26)24-20)23(27)29-15-17-5-3-2-4-6-17;1-20-15-9-7-13(8-10-15)11-16(18)17(19)21-12-14-5-3-2-4-6-14;1-12(8-15-12)11(14)10(13)7-9-5-3-2-4-6-9/h3-11,20,22-23H,12-17H2,1-2H3,(H,29,32)(H,30,34);2-10,18,20H,11-15H2,1H3,(H,24,26);2-10,16H,11-12,18H2,1H3;2-6,10H,7-8,13H2,1H3/t20-,22-,23+,28-;18-,20-;16-;10-,12+/m1100/s1. The third-order valence-corrected chi connectivity index (χ3v) is 17.8. The van der Waals surface area contributed by atoms with E-state index < -0.39 is 65.2 Å². The number of epoxide rings is 2. The first-order valence-electron chi connectivity index (χ1n) is 33.8. The molecule has 21 heteroatoms. The number of ketones is 4. The maximum Gasteiger partial charge on any atom is 0.323 e. The average molecular weight is 1380 g/mol. The Balaban J connectivity index is 0.000000179. The Bertz CT molecular complexity index is 3850. The van der Waals surface area contributed by atoms with Gasteiger partial charge in [0.05, 0.1) is 64.6 Å². The second kappa shape index (κ2) is 37.8. The lowest BCUT2D eigenvalue weighted by atomic mass is 9.89. The van der Waals surface area contributed by atoms with Crippen LogP contribution < -0.4 is 41.6 Å². The summed E-state index contributed by atoms with van der Waals surface area (Å²) in [4.78, 5) is 112. The number of ether oxygens (including phenoxy) is 7. The molecule has 4 heterocycles. The Hall–Kier alpha value is -10.2. The fraction of sp³-hybridized carbons (Fsp3) is 0.362. The van der Waals surface area contributed by atoms with Gasteiger partial charge in [0.15, 0.2) is 23.1 Å². The summed E-state index contributed by atoms with van der Waals surface area (Å²) in [6.45, 7) is 4.75. The van der Waals surface area contributed by atoms with Gasteiger partial charge in [-0.05, 0) is 134 Å². The van der Waals surface area contributed by atoms with Crippen molar-refractivity contribution >= 4 is 52.8 Å². The van der Waals surface area contributed by atoms with E-state index in [1.807, 2.05) is 182 Å². The van der Waals surface area contributed by atoms with E-state index in [-0.39, 0.29) is 66.9 Å². The highest BCUT2D eigenvalue weighted by Gasteiger charge is 2.51. The van der Waals surface area contributed by atoms with Gasteiger partial charge in [-0.2, -0.15) is 0 Å². The van der Waals surface area contributed by atoms with E-state index in [0.29, 0.717) is 76.8 Å². The number of amides is 3. The van der Waals surface area contributed by atoms with Crippen LogP contribution in [0.4, 0.5) is 0 Å². The second-order valence-corrected chi connectivity index (χ2v) is 25.8. The Labute approximate surface area is 589 Å². The summed E-state index contributed by atoms with van der Waals surface area (Å²) in [5.41, 5.74) is 16.8. The van der Waals surface area contributed by atoms with Crippen molar-refractivity contribution in [3.63, 3.8) is 0 Å². The van der Waals surface area contributed by atoms with E-state index in [0.717, 1.165) is 50.4 Å². The molecule has 11 rings (SSSR count). The molecule has 101 heavy (non-hydrogen) atoms. The molecule has 7 aromatic rings. The van der Waals surface area contributed by atoms with Crippen LogP contribution >= 0.6 is 0 Å². The molecule has 7 N–H and O–H groups in total. The number of nitrogens with two attached hydrogens (primary N) is 2. The number of esters is 2. The number of hydrogen-bond donors (Lipinski definition) is 5. The molecule has 4 aliphatic heterocycles. The number of nitrogens with one attached hydrogen (secondary N) is 3. The summed E-state index contributed by atoms with van der Waals surface area (Å²) in [6.07, 6.45) is 3.59. The number of Topliss-reactive ketones (excluding diaryl/α,β-unsaturated/α-hetero) is 4. The summed E-state index contributed by atoms with van der Waals surface area (Å²) in [5.74, 6) is -1.08.